The Bertz CT molecular complexity index is 915. The fraction of sp³-hybridized carbons (Fsp3) is 0.0714. The predicted octanol–water partition coefficient (Wildman–Crippen LogP) is 3.27. The zero-order chi connectivity index (χ0) is 18.0. The second-order valence-electron chi connectivity index (χ2n) is 4.92. The minimum Gasteiger partial charge on any atom is -0.319 e. The van der Waals surface area contributed by atoms with Crippen LogP contribution >= 0.6 is 31.9 Å². The predicted molar refractivity (Wildman–Crippen MR) is 96.3 cm³/mol. The Kier molecular flexibility index (Phi) is 4.95. The number of non-ortho nitro benzene ring substituents is 1. The van der Waals surface area contributed by atoms with Crippen LogP contribution in [-0.2, 0) is 6.67 Å². The molecule has 0 bridgehead atoms. The van der Waals surface area contributed by atoms with E-state index >= 15 is 0 Å². The van der Waals surface area contributed by atoms with Gasteiger partial charge in [0.25, 0.3) is 11.6 Å². The molecule has 11 heteroatoms. The first kappa shape index (κ1) is 17.3. The van der Waals surface area contributed by atoms with Crippen molar-refractivity contribution in [3.05, 3.63) is 67.6 Å². The number of halogens is 2. The minimum atomic E-state index is -0.516. The molecule has 2 heterocycles. The number of nitro groups is 1. The van der Waals surface area contributed by atoms with Crippen molar-refractivity contribution in [2.24, 2.45) is 0 Å². The Morgan fingerprint density at radius 1 is 1.24 bits per heavy atom. The Balaban J connectivity index is 1.76. The van der Waals surface area contributed by atoms with E-state index < -0.39 is 10.8 Å². The highest BCUT2D eigenvalue weighted by Gasteiger charge is 2.18. The molecule has 128 valence electrons. The van der Waals surface area contributed by atoms with Gasteiger partial charge in [-0.2, -0.15) is 10.2 Å². The lowest BCUT2D eigenvalue weighted by molar-refractivity contribution is -0.385. The molecule has 3 rings (SSSR count). The van der Waals surface area contributed by atoms with Crippen molar-refractivity contribution in [3.8, 4) is 0 Å². The van der Waals surface area contributed by atoms with E-state index in [1.54, 1.807) is 40.1 Å². The highest BCUT2D eigenvalue weighted by molar-refractivity contribution is 9.11. The molecule has 2 aromatic heterocycles. The molecule has 0 saturated heterocycles. The SMILES string of the molecule is O=C(Nc1c(Br)cc([N+](=O)[O-])cc1Br)c1ccn(Cn2cccn2)n1. The molecule has 0 radical (unpaired) electrons. The first-order valence-electron chi connectivity index (χ1n) is 6.89. The molecule has 0 saturated carbocycles. The number of nitrogens with one attached hydrogen (secondary N) is 1. The first-order chi connectivity index (χ1) is 11.9. The summed E-state index contributed by atoms with van der Waals surface area (Å²) in [6.45, 7) is 0.380. The Hall–Kier alpha value is -2.53. The van der Waals surface area contributed by atoms with Gasteiger partial charge in [0.15, 0.2) is 5.69 Å². The van der Waals surface area contributed by atoms with Crippen LogP contribution in [0.2, 0.25) is 0 Å². The minimum absolute atomic E-state index is 0.0970. The van der Waals surface area contributed by atoms with E-state index in [4.69, 9.17) is 0 Å². The van der Waals surface area contributed by atoms with Gasteiger partial charge < -0.3 is 5.32 Å². The summed E-state index contributed by atoms with van der Waals surface area (Å²) < 4.78 is 4.01. The monoisotopic (exact) mass is 468 g/mol. The van der Waals surface area contributed by atoms with Crippen LogP contribution in [-0.4, -0.2) is 30.4 Å². The molecule has 0 aliphatic heterocycles. The van der Waals surface area contributed by atoms with Gasteiger partial charge in [0.2, 0.25) is 0 Å². The summed E-state index contributed by atoms with van der Waals surface area (Å²) in [5.41, 5.74) is 0.502. The summed E-state index contributed by atoms with van der Waals surface area (Å²) >= 11 is 6.45. The molecular formula is C14H10Br2N6O3. The molecular weight excluding hydrogens is 460 g/mol. The molecule has 0 unspecified atom stereocenters. The average Bonchev–Trinajstić information content (AvgIpc) is 3.22. The van der Waals surface area contributed by atoms with E-state index in [-0.39, 0.29) is 11.4 Å². The molecule has 0 aliphatic carbocycles. The molecule has 0 aliphatic rings. The number of nitro benzene ring substituents is 1. The zero-order valence-electron chi connectivity index (χ0n) is 12.5. The van der Waals surface area contributed by atoms with Crippen molar-refractivity contribution < 1.29 is 9.72 Å². The number of hydrogen-bond donors (Lipinski definition) is 1. The lowest BCUT2D eigenvalue weighted by Crippen LogP contribution is -2.15. The maximum atomic E-state index is 12.4. The second kappa shape index (κ2) is 7.15. The number of carbonyl (C=O) groups excluding carboxylic acids is 1. The van der Waals surface area contributed by atoms with Crippen LogP contribution in [0.5, 0.6) is 0 Å². The third kappa shape index (κ3) is 3.94. The molecule has 0 spiro atoms. The molecule has 25 heavy (non-hydrogen) atoms. The number of amides is 1. The number of aromatic nitrogens is 4. The quantitative estimate of drug-likeness (QED) is 0.455. The van der Waals surface area contributed by atoms with Gasteiger partial charge in [-0.15, -0.1) is 0 Å². The summed E-state index contributed by atoms with van der Waals surface area (Å²) in [6, 6.07) is 6.00. The van der Waals surface area contributed by atoms with Crippen molar-refractivity contribution in [1.29, 1.82) is 0 Å². The first-order valence-corrected chi connectivity index (χ1v) is 8.48. The summed E-state index contributed by atoms with van der Waals surface area (Å²) in [6.07, 6.45) is 5.10. The largest absolute Gasteiger partial charge is 0.319 e. The van der Waals surface area contributed by atoms with Crippen LogP contribution in [0.4, 0.5) is 11.4 Å². The van der Waals surface area contributed by atoms with Gasteiger partial charge in [-0.3, -0.25) is 24.3 Å². The van der Waals surface area contributed by atoms with Gasteiger partial charge >= 0.3 is 0 Å². The lowest BCUT2D eigenvalue weighted by Gasteiger charge is -2.08. The van der Waals surface area contributed by atoms with Crippen LogP contribution in [0, 0.1) is 10.1 Å². The zero-order valence-corrected chi connectivity index (χ0v) is 15.6. The number of rotatable bonds is 5. The Morgan fingerprint density at radius 3 is 2.56 bits per heavy atom. The third-order valence-electron chi connectivity index (χ3n) is 3.20. The van der Waals surface area contributed by atoms with Gasteiger partial charge in [0, 0.05) is 39.7 Å². The maximum absolute atomic E-state index is 12.4. The van der Waals surface area contributed by atoms with Crippen LogP contribution in [0.15, 0.2) is 51.8 Å². The van der Waals surface area contributed by atoms with Gasteiger partial charge in [-0.1, -0.05) is 0 Å². The van der Waals surface area contributed by atoms with Crippen molar-refractivity contribution in [3.63, 3.8) is 0 Å². The topological polar surface area (TPSA) is 108 Å². The Morgan fingerprint density at radius 2 is 1.96 bits per heavy atom. The summed E-state index contributed by atoms with van der Waals surface area (Å²) in [4.78, 5) is 22.7. The molecule has 3 aromatic rings. The van der Waals surface area contributed by atoms with Gasteiger partial charge in [-0.05, 0) is 44.0 Å². The molecule has 1 amide bonds. The molecule has 0 fully saturated rings. The van der Waals surface area contributed by atoms with Crippen molar-refractivity contribution >= 4 is 49.1 Å². The summed E-state index contributed by atoms with van der Waals surface area (Å²) in [5.74, 6) is -0.436. The van der Waals surface area contributed by atoms with E-state index in [1.807, 2.05) is 0 Å². The van der Waals surface area contributed by atoms with Gasteiger partial charge in [-0.25, -0.2) is 0 Å². The fourth-order valence-electron chi connectivity index (χ4n) is 2.06. The number of benzene rings is 1. The molecule has 9 nitrogen and oxygen atoms in total. The van der Waals surface area contributed by atoms with E-state index in [0.29, 0.717) is 21.3 Å². The van der Waals surface area contributed by atoms with E-state index in [2.05, 4.69) is 47.4 Å². The number of nitrogens with zero attached hydrogens (tertiary/aromatic N) is 5. The maximum Gasteiger partial charge on any atom is 0.276 e. The number of carbonyl (C=O) groups is 1. The highest BCUT2D eigenvalue weighted by Crippen LogP contribution is 2.35. The second-order valence-corrected chi connectivity index (χ2v) is 6.63. The standard InChI is InChI=1S/C14H10Br2N6O3/c15-10-6-9(22(24)25)7-11(16)13(10)18-14(23)12-2-5-21(19-12)8-20-4-1-3-17-20/h1-7H,8H2,(H,18,23). The van der Waals surface area contributed by atoms with Crippen LogP contribution in [0.25, 0.3) is 0 Å². The third-order valence-corrected chi connectivity index (χ3v) is 4.45. The molecule has 0 atom stereocenters. The normalized spacial score (nSPS) is 10.6. The summed E-state index contributed by atoms with van der Waals surface area (Å²) in [7, 11) is 0. The molecule has 1 aromatic carbocycles. The number of anilines is 1. The lowest BCUT2D eigenvalue weighted by atomic mass is 10.2. The van der Waals surface area contributed by atoms with E-state index in [1.165, 1.54) is 12.1 Å². The van der Waals surface area contributed by atoms with Crippen molar-refractivity contribution in [2.45, 2.75) is 6.67 Å². The highest BCUT2D eigenvalue weighted by atomic mass is 79.9. The van der Waals surface area contributed by atoms with Crippen LogP contribution < -0.4 is 5.32 Å². The van der Waals surface area contributed by atoms with Gasteiger partial charge in [0.1, 0.15) is 6.67 Å². The fourth-order valence-corrected chi connectivity index (χ4v) is 3.42. The molecule has 1 N–H and O–H groups in total. The van der Waals surface area contributed by atoms with Crippen LogP contribution in [0.3, 0.4) is 0 Å². The van der Waals surface area contributed by atoms with E-state index in [0.717, 1.165) is 0 Å². The smallest absolute Gasteiger partial charge is 0.276 e. The van der Waals surface area contributed by atoms with E-state index in [9.17, 15) is 14.9 Å². The van der Waals surface area contributed by atoms with Crippen molar-refractivity contribution in [1.82, 2.24) is 19.6 Å². The van der Waals surface area contributed by atoms with Crippen LogP contribution in [0.1, 0.15) is 10.5 Å². The average molecular weight is 470 g/mol. The Labute approximate surface area is 158 Å². The number of hydrogen-bond acceptors (Lipinski definition) is 5. The van der Waals surface area contributed by atoms with Gasteiger partial charge in [0.05, 0.1) is 10.6 Å². The summed E-state index contributed by atoms with van der Waals surface area (Å²) in [5, 5.41) is 21.8. The van der Waals surface area contributed by atoms with Crippen molar-refractivity contribution in [2.75, 3.05) is 5.32 Å².